The van der Waals surface area contributed by atoms with Crippen LogP contribution < -0.4 is 0 Å². The van der Waals surface area contributed by atoms with Crippen LogP contribution in [0.25, 0.3) is 10.6 Å². The second-order valence-corrected chi connectivity index (χ2v) is 5.92. The van der Waals surface area contributed by atoms with Crippen LogP contribution in [-0.4, -0.2) is 17.6 Å². The van der Waals surface area contributed by atoms with E-state index in [1.54, 1.807) is 0 Å². The highest BCUT2D eigenvalue weighted by Crippen LogP contribution is 2.29. The molecule has 0 aliphatic carbocycles. The van der Waals surface area contributed by atoms with Crippen molar-refractivity contribution in [3.05, 3.63) is 40.9 Å². The van der Waals surface area contributed by atoms with Gasteiger partial charge in [-0.25, -0.2) is 9.78 Å². The number of unbranched alkanes of at least 4 members (excludes halogenated alkanes) is 1. The molecule has 1 heterocycles. The average Bonchev–Trinajstić information content (AvgIpc) is 2.92. The zero-order valence-corrected chi connectivity index (χ0v) is 13.7. The van der Waals surface area contributed by atoms with Crippen molar-refractivity contribution >= 4 is 33.2 Å². The van der Waals surface area contributed by atoms with Gasteiger partial charge in [-0.15, -0.1) is 11.3 Å². The molecule has 0 unspecified atom stereocenters. The molecule has 1 aromatic carbocycles. The van der Waals surface area contributed by atoms with Crippen LogP contribution in [0.1, 0.15) is 35.1 Å². The van der Waals surface area contributed by atoms with E-state index in [0.29, 0.717) is 17.6 Å². The number of benzene rings is 1. The van der Waals surface area contributed by atoms with Crippen molar-refractivity contribution in [2.45, 2.75) is 25.1 Å². The third kappa shape index (κ3) is 3.67. The largest absolute Gasteiger partial charge is 0.461 e. The van der Waals surface area contributed by atoms with Gasteiger partial charge in [-0.2, -0.15) is 0 Å². The van der Waals surface area contributed by atoms with E-state index in [-0.39, 0.29) is 5.97 Å². The Morgan fingerprint density at radius 3 is 2.75 bits per heavy atom. The zero-order chi connectivity index (χ0) is 14.4. The third-order valence-electron chi connectivity index (χ3n) is 2.76. The standard InChI is InChI=1S/C15H16BrNO2S/c1-2-3-9-19-15(18)13-12(10-16)20-14(17-13)11-7-5-4-6-8-11/h4-8H,2-3,9-10H2,1H3. The first-order valence-corrected chi connectivity index (χ1v) is 8.48. The number of rotatable bonds is 6. The van der Waals surface area contributed by atoms with Crippen LogP contribution in [0.15, 0.2) is 30.3 Å². The van der Waals surface area contributed by atoms with Gasteiger partial charge in [0.2, 0.25) is 0 Å². The van der Waals surface area contributed by atoms with E-state index in [1.165, 1.54) is 11.3 Å². The molecular weight excluding hydrogens is 338 g/mol. The monoisotopic (exact) mass is 353 g/mol. The summed E-state index contributed by atoms with van der Waals surface area (Å²) in [6.07, 6.45) is 1.88. The Morgan fingerprint density at radius 1 is 1.35 bits per heavy atom. The maximum absolute atomic E-state index is 12.0. The van der Waals surface area contributed by atoms with Crippen molar-refractivity contribution in [3.63, 3.8) is 0 Å². The van der Waals surface area contributed by atoms with E-state index >= 15 is 0 Å². The van der Waals surface area contributed by atoms with Gasteiger partial charge in [-0.1, -0.05) is 59.6 Å². The van der Waals surface area contributed by atoms with Crippen LogP contribution in [0.2, 0.25) is 0 Å². The van der Waals surface area contributed by atoms with Crippen LogP contribution in [0.3, 0.4) is 0 Å². The molecule has 0 saturated carbocycles. The number of ether oxygens (including phenoxy) is 1. The van der Waals surface area contributed by atoms with Crippen molar-refractivity contribution in [2.24, 2.45) is 0 Å². The highest BCUT2D eigenvalue weighted by atomic mass is 79.9. The Balaban J connectivity index is 2.21. The Kier molecular flexibility index (Phi) is 5.73. The summed E-state index contributed by atoms with van der Waals surface area (Å²) in [5, 5.41) is 1.46. The Bertz CT molecular complexity index is 569. The van der Waals surface area contributed by atoms with Crippen LogP contribution in [0.4, 0.5) is 0 Å². The van der Waals surface area contributed by atoms with E-state index < -0.39 is 0 Å². The summed E-state index contributed by atoms with van der Waals surface area (Å²) in [6.45, 7) is 2.52. The summed E-state index contributed by atoms with van der Waals surface area (Å²) in [5.41, 5.74) is 1.45. The minimum absolute atomic E-state index is 0.327. The molecule has 0 spiro atoms. The fourth-order valence-corrected chi connectivity index (χ4v) is 3.20. The Morgan fingerprint density at radius 2 is 2.10 bits per heavy atom. The third-order valence-corrected chi connectivity index (χ3v) is 4.80. The van der Waals surface area contributed by atoms with Gasteiger partial charge < -0.3 is 4.74 Å². The van der Waals surface area contributed by atoms with Crippen molar-refractivity contribution in [1.29, 1.82) is 0 Å². The van der Waals surface area contributed by atoms with Gasteiger partial charge in [0.25, 0.3) is 0 Å². The quantitative estimate of drug-likeness (QED) is 0.430. The normalized spacial score (nSPS) is 10.5. The molecule has 2 aromatic rings. The number of esters is 1. The molecule has 20 heavy (non-hydrogen) atoms. The summed E-state index contributed by atoms with van der Waals surface area (Å²) in [5.74, 6) is -0.327. The number of hydrogen-bond acceptors (Lipinski definition) is 4. The summed E-state index contributed by atoms with van der Waals surface area (Å²) in [6, 6.07) is 9.86. The SMILES string of the molecule is CCCCOC(=O)c1nc(-c2ccccc2)sc1CBr. The molecule has 1 aromatic heterocycles. The molecule has 3 nitrogen and oxygen atoms in total. The van der Waals surface area contributed by atoms with Gasteiger partial charge in [0.15, 0.2) is 5.69 Å². The number of hydrogen-bond donors (Lipinski definition) is 0. The molecule has 0 bridgehead atoms. The molecule has 106 valence electrons. The minimum atomic E-state index is -0.327. The van der Waals surface area contributed by atoms with Gasteiger partial charge in [-0.05, 0) is 6.42 Å². The first-order valence-electron chi connectivity index (χ1n) is 6.54. The molecule has 0 fully saturated rings. The maximum Gasteiger partial charge on any atom is 0.358 e. The first kappa shape index (κ1) is 15.2. The lowest BCUT2D eigenvalue weighted by atomic mass is 10.2. The van der Waals surface area contributed by atoms with Crippen LogP contribution >= 0.6 is 27.3 Å². The maximum atomic E-state index is 12.0. The topological polar surface area (TPSA) is 39.2 Å². The predicted octanol–water partition coefficient (Wildman–Crippen LogP) is 4.66. The van der Waals surface area contributed by atoms with Crippen molar-refractivity contribution in [1.82, 2.24) is 4.98 Å². The molecular formula is C15H16BrNO2S. The smallest absolute Gasteiger partial charge is 0.358 e. The second kappa shape index (κ2) is 7.55. The predicted molar refractivity (Wildman–Crippen MR) is 85.4 cm³/mol. The van der Waals surface area contributed by atoms with Crippen LogP contribution in [0, 0.1) is 0 Å². The number of nitrogens with zero attached hydrogens (tertiary/aromatic N) is 1. The molecule has 0 amide bonds. The number of thiazole rings is 1. The Labute approximate surface area is 131 Å². The Hall–Kier alpha value is -1.20. The molecule has 0 radical (unpaired) electrons. The summed E-state index contributed by atoms with van der Waals surface area (Å²) in [7, 11) is 0. The number of carbonyl (C=O) groups excluding carboxylic acids is 1. The minimum Gasteiger partial charge on any atom is -0.461 e. The van der Waals surface area contributed by atoms with Gasteiger partial charge in [0.1, 0.15) is 5.01 Å². The van der Waals surface area contributed by atoms with Gasteiger partial charge >= 0.3 is 5.97 Å². The lowest BCUT2D eigenvalue weighted by molar-refractivity contribution is 0.0493. The first-order chi connectivity index (χ1) is 9.76. The molecule has 0 N–H and O–H groups in total. The van der Waals surface area contributed by atoms with Crippen LogP contribution in [0.5, 0.6) is 0 Å². The van der Waals surface area contributed by atoms with E-state index in [9.17, 15) is 4.79 Å². The van der Waals surface area contributed by atoms with Crippen LogP contribution in [-0.2, 0) is 10.1 Å². The molecule has 2 rings (SSSR count). The van der Waals surface area contributed by atoms with E-state index in [0.717, 1.165) is 28.3 Å². The highest BCUT2D eigenvalue weighted by Gasteiger charge is 2.19. The summed E-state index contributed by atoms with van der Waals surface area (Å²) in [4.78, 5) is 17.4. The van der Waals surface area contributed by atoms with Crippen molar-refractivity contribution in [3.8, 4) is 10.6 Å². The molecule has 0 aliphatic rings. The zero-order valence-electron chi connectivity index (χ0n) is 11.3. The fourth-order valence-electron chi connectivity index (χ4n) is 1.68. The number of carbonyl (C=O) groups is 1. The van der Waals surface area contributed by atoms with Crippen molar-refractivity contribution in [2.75, 3.05) is 6.61 Å². The highest BCUT2D eigenvalue weighted by molar-refractivity contribution is 9.08. The van der Waals surface area contributed by atoms with Gasteiger partial charge in [0, 0.05) is 10.9 Å². The average molecular weight is 354 g/mol. The van der Waals surface area contributed by atoms with Gasteiger partial charge in [0.05, 0.1) is 11.5 Å². The van der Waals surface area contributed by atoms with Crippen molar-refractivity contribution < 1.29 is 9.53 Å². The van der Waals surface area contributed by atoms with E-state index in [1.807, 2.05) is 30.3 Å². The summed E-state index contributed by atoms with van der Waals surface area (Å²) >= 11 is 4.93. The number of aromatic nitrogens is 1. The lowest BCUT2D eigenvalue weighted by Gasteiger charge is -2.02. The molecule has 0 aliphatic heterocycles. The number of halogens is 1. The second-order valence-electron chi connectivity index (χ2n) is 4.28. The summed E-state index contributed by atoms with van der Waals surface area (Å²) < 4.78 is 5.24. The van der Waals surface area contributed by atoms with Gasteiger partial charge in [-0.3, -0.25) is 0 Å². The fraction of sp³-hybridized carbons (Fsp3) is 0.333. The molecule has 0 saturated heterocycles. The lowest BCUT2D eigenvalue weighted by Crippen LogP contribution is -2.08. The van der Waals surface area contributed by atoms with E-state index in [2.05, 4.69) is 27.8 Å². The molecule has 0 atom stereocenters. The molecule has 5 heteroatoms. The van der Waals surface area contributed by atoms with E-state index in [4.69, 9.17) is 4.74 Å². The number of alkyl halides is 1.